The van der Waals surface area contributed by atoms with Crippen LogP contribution in [0.2, 0.25) is 0 Å². The first-order valence-electron chi connectivity index (χ1n) is 9.17. The van der Waals surface area contributed by atoms with Crippen LogP contribution in [0.25, 0.3) is 0 Å². The summed E-state index contributed by atoms with van der Waals surface area (Å²) in [6.45, 7) is 6.32. The normalized spacial score (nSPS) is 16.8. The third kappa shape index (κ3) is 5.30. The van der Waals surface area contributed by atoms with Crippen molar-refractivity contribution in [1.29, 1.82) is 0 Å². The molecule has 5 nitrogen and oxygen atoms in total. The Morgan fingerprint density at radius 1 is 1.24 bits per heavy atom. The van der Waals surface area contributed by atoms with Crippen LogP contribution in [0, 0.1) is 12.8 Å². The van der Waals surface area contributed by atoms with Gasteiger partial charge in [-0.3, -0.25) is 14.5 Å². The average Bonchev–Trinajstić information content (AvgIpc) is 2.57. The summed E-state index contributed by atoms with van der Waals surface area (Å²) in [7, 11) is 3.80. The lowest BCUT2D eigenvalue weighted by Gasteiger charge is -2.30. The van der Waals surface area contributed by atoms with Gasteiger partial charge in [0.2, 0.25) is 11.8 Å². The number of carbonyl (C=O) groups excluding carboxylic acids is 2. The predicted molar refractivity (Wildman–Crippen MR) is 100 cm³/mol. The van der Waals surface area contributed by atoms with Crippen LogP contribution in [0.1, 0.15) is 43.4 Å². The summed E-state index contributed by atoms with van der Waals surface area (Å²) in [6.07, 6.45) is 2.52. The van der Waals surface area contributed by atoms with E-state index in [1.807, 2.05) is 55.1 Å². The highest BCUT2D eigenvalue weighted by atomic mass is 16.2. The first-order valence-corrected chi connectivity index (χ1v) is 9.17. The number of piperidine rings is 1. The SMILES string of the molecule is Cc1ccccc1[C@H](C(=O)NCCC(=O)N1CCC(C)CC1)N(C)C. The van der Waals surface area contributed by atoms with E-state index >= 15 is 0 Å². The second-order valence-electron chi connectivity index (χ2n) is 7.33. The summed E-state index contributed by atoms with van der Waals surface area (Å²) in [4.78, 5) is 28.8. The number of rotatable bonds is 6. The molecule has 0 spiro atoms. The molecule has 1 N–H and O–H groups in total. The second kappa shape index (κ2) is 8.99. The van der Waals surface area contributed by atoms with Crippen LogP contribution >= 0.6 is 0 Å². The van der Waals surface area contributed by atoms with Crippen LogP contribution in [0.5, 0.6) is 0 Å². The lowest BCUT2D eigenvalue weighted by Crippen LogP contribution is -2.41. The van der Waals surface area contributed by atoms with E-state index in [0.29, 0.717) is 18.9 Å². The van der Waals surface area contributed by atoms with Gasteiger partial charge in [0, 0.05) is 26.1 Å². The van der Waals surface area contributed by atoms with E-state index in [1.165, 1.54) is 0 Å². The number of hydrogen-bond acceptors (Lipinski definition) is 3. The van der Waals surface area contributed by atoms with Crippen molar-refractivity contribution in [2.24, 2.45) is 5.92 Å². The summed E-state index contributed by atoms with van der Waals surface area (Å²) >= 11 is 0. The van der Waals surface area contributed by atoms with Crippen LogP contribution in [-0.4, -0.2) is 55.3 Å². The zero-order valence-corrected chi connectivity index (χ0v) is 15.9. The number of carbonyl (C=O) groups is 2. The Labute approximate surface area is 151 Å². The molecule has 0 saturated carbocycles. The fraction of sp³-hybridized carbons (Fsp3) is 0.600. The molecule has 1 heterocycles. The van der Waals surface area contributed by atoms with E-state index in [2.05, 4.69) is 12.2 Å². The van der Waals surface area contributed by atoms with Gasteiger partial charge < -0.3 is 10.2 Å². The van der Waals surface area contributed by atoms with Gasteiger partial charge in [-0.2, -0.15) is 0 Å². The van der Waals surface area contributed by atoms with Gasteiger partial charge in [0.15, 0.2) is 0 Å². The molecule has 0 unspecified atom stereocenters. The molecule has 138 valence electrons. The van der Waals surface area contributed by atoms with Crippen molar-refractivity contribution in [1.82, 2.24) is 15.1 Å². The Bertz CT molecular complexity index is 592. The van der Waals surface area contributed by atoms with Gasteiger partial charge in [-0.15, -0.1) is 0 Å². The van der Waals surface area contributed by atoms with E-state index in [-0.39, 0.29) is 17.9 Å². The number of aryl methyl sites for hydroxylation is 1. The third-order valence-corrected chi connectivity index (χ3v) is 5.02. The molecule has 1 saturated heterocycles. The monoisotopic (exact) mass is 345 g/mol. The van der Waals surface area contributed by atoms with Crippen LogP contribution in [0.3, 0.4) is 0 Å². The molecule has 1 aromatic carbocycles. The maximum atomic E-state index is 12.7. The van der Waals surface area contributed by atoms with Crippen molar-refractivity contribution >= 4 is 11.8 Å². The molecular weight excluding hydrogens is 314 g/mol. The molecule has 2 amide bonds. The number of nitrogens with one attached hydrogen (secondary N) is 1. The molecule has 0 radical (unpaired) electrons. The summed E-state index contributed by atoms with van der Waals surface area (Å²) < 4.78 is 0. The van der Waals surface area contributed by atoms with E-state index < -0.39 is 0 Å². The van der Waals surface area contributed by atoms with Gasteiger partial charge in [0.05, 0.1) is 0 Å². The summed E-state index contributed by atoms with van der Waals surface area (Å²) in [5, 5.41) is 2.94. The Balaban J connectivity index is 1.87. The molecule has 1 fully saturated rings. The molecule has 1 aliphatic rings. The van der Waals surface area contributed by atoms with E-state index in [4.69, 9.17) is 0 Å². The molecule has 0 aliphatic carbocycles. The van der Waals surface area contributed by atoms with Gasteiger partial charge in [-0.25, -0.2) is 0 Å². The molecule has 25 heavy (non-hydrogen) atoms. The molecule has 0 bridgehead atoms. The topological polar surface area (TPSA) is 52.7 Å². The van der Waals surface area contributed by atoms with Gasteiger partial charge in [-0.1, -0.05) is 31.2 Å². The molecule has 1 atom stereocenters. The van der Waals surface area contributed by atoms with E-state index in [0.717, 1.165) is 37.1 Å². The van der Waals surface area contributed by atoms with Crippen molar-refractivity contribution in [3.8, 4) is 0 Å². The van der Waals surface area contributed by atoms with Crippen molar-refractivity contribution < 1.29 is 9.59 Å². The molecular formula is C20H31N3O2. The Morgan fingerprint density at radius 3 is 2.48 bits per heavy atom. The number of hydrogen-bond donors (Lipinski definition) is 1. The lowest BCUT2D eigenvalue weighted by molar-refractivity contribution is -0.132. The summed E-state index contributed by atoms with van der Waals surface area (Å²) in [5.41, 5.74) is 2.09. The lowest BCUT2D eigenvalue weighted by atomic mass is 9.99. The van der Waals surface area contributed by atoms with Crippen LogP contribution in [-0.2, 0) is 9.59 Å². The van der Waals surface area contributed by atoms with E-state index in [1.54, 1.807) is 0 Å². The van der Waals surface area contributed by atoms with Gasteiger partial charge in [0.1, 0.15) is 6.04 Å². The zero-order valence-electron chi connectivity index (χ0n) is 15.9. The van der Waals surface area contributed by atoms with Gasteiger partial charge in [0.25, 0.3) is 0 Å². The van der Waals surface area contributed by atoms with Crippen LogP contribution in [0.15, 0.2) is 24.3 Å². The number of likely N-dealkylation sites (N-methyl/N-ethyl adjacent to an activating group) is 1. The van der Waals surface area contributed by atoms with Crippen LogP contribution in [0.4, 0.5) is 0 Å². The van der Waals surface area contributed by atoms with Crippen molar-refractivity contribution in [2.75, 3.05) is 33.7 Å². The standard InChI is InChI=1S/C20H31N3O2/c1-15-10-13-23(14-11-15)18(24)9-12-21-20(25)19(22(3)4)17-8-6-5-7-16(17)2/h5-8,15,19H,9-14H2,1-4H3,(H,21,25)/t19-/m1/s1. The molecule has 1 aliphatic heterocycles. The average molecular weight is 345 g/mol. The molecule has 5 heteroatoms. The van der Waals surface area contributed by atoms with E-state index in [9.17, 15) is 9.59 Å². The fourth-order valence-corrected chi connectivity index (χ4v) is 3.35. The first-order chi connectivity index (χ1) is 11.9. The maximum Gasteiger partial charge on any atom is 0.241 e. The quantitative estimate of drug-likeness (QED) is 0.861. The maximum absolute atomic E-state index is 12.7. The van der Waals surface area contributed by atoms with Crippen LogP contribution < -0.4 is 5.32 Å². The van der Waals surface area contributed by atoms with Gasteiger partial charge >= 0.3 is 0 Å². The molecule has 1 aromatic rings. The van der Waals surface area contributed by atoms with Crippen molar-refractivity contribution in [3.63, 3.8) is 0 Å². The minimum atomic E-state index is -0.341. The Hall–Kier alpha value is -1.88. The largest absolute Gasteiger partial charge is 0.354 e. The minimum absolute atomic E-state index is 0.0561. The highest BCUT2D eigenvalue weighted by Crippen LogP contribution is 2.22. The highest BCUT2D eigenvalue weighted by Gasteiger charge is 2.25. The summed E-state index contributed by atoms with van der Waals surface area (Å²) in [5.74, 6) is 0.794. The predicted octanol–water partition coefficient (Wildman–Crippen LogP) is 2.36. The summed E-state index contributed by atoms with van der Waals surface area (Å²) in [6, 6.07) is 7.58. The number of nitrogens with zero attached hydrogens (tertiary/aromatic N) is 2. The highest BCUT2D eigenvalue weighted by molar-refractivity contribution is 5.84. The number of benzene rings is 1. The zero-order chi connectivity index (χ0) is 18.4. The molecule has 2 rings (SSSR count). The minimum Gasteiger partial charge on any atom is -0.354 e. The van der Waals surface area contributed by atoms with Gasteiger partial charge in [-0.05, 0) is 50.9 Å². The number of likely N-dealkylation sites (tertiary alicyclic amines) is 1. The van der Waals surface area contributed by atoms with Crippen molar-refractivity contribution in [2.45, 2.75) is 39.2 Å². The second-order valence-corrected chi connectivity index (χ2v) is 7.33. The third-order valence-electron chi connectivity index (χ3n) is 5.02. The Kier molecular flexibility index (Phi) is 7.00. The molecule has 0 aromatic heterocycles. The Morgan fingerprint density at radius 2 is 1.88 bits per heavy atom. The fourth-order valence-electron chi connectivity index (χ4n) is 3.35. The first kappa shape index (κ1) is 19.4. The number of amides is 2. The smallest absolute Gasteiger partial charge is 0.241 e. The van der Waals surface area contributed by atoms with Crippen molar-refractivity contribution in [3.05, 3.63) is 35.4 Å².